The van der Waals surface area contributed by atoms with E-state index in [9.17, 15) is 4.79 Å². The minimum absolute atomic E-state index is 0.0934. The lowest BCUT2D eigenvalue weighted by molar-refractivity contribution is -0.145. The van der Waals surface area contributed by atoms with E-state index in [1.807, 2.05) is 0 Å². The van der Waals surface area contributed by atoms with Crippen LogP contribution in [-0.4, -0.2) is 65.9 Å². The third-order valence-electron chi connectivity index (χ3n) is 6.20. The Bertz CT molecular complexity index is 464. The number of amides is 1. The standard InChI is InChI=1S/C18H30N4O/c1-14(2)16-5-3-15(4-6-16)11-22-10-9-21-8-7-20(13-19)12-17(21)18(22)23/h14-17H,3-12H2,1-2H3/t15?,16?,17-/m1/s1. The Labute approximate surface area is 140 Å². The zero-order chi connectivity index (χ0) is 16.4. The van der Waals surface area contributed by atoms with Crippen LogP contribution in [0.3, 0.4) is 0 Å². The Hall–Kier alpha value is -1.28. The number of hydrogen-bond donors (Lipinski definition) is 0. The van der Waals surface area contributed by atoms with Gasteiger partial charge in [-0.3, -0.25) is 9.69 Å². The average Bonchev–Trinajstić information content (AvgIpc) is 2.57. The molecule has 0 aromatic carbocycles. The van der Waals surface area contributed by atoms with E-state index in [1.165, 1.54) is 25.7 Å². The number of carbonyl (C=O) groups is 1. The average molecular weight is 318 g/mol. The molecule has 1 amide bonds. The van der Waals surface area contributed by atoms with Crippen LogP contribution in [0.2, 0.25) is 0 Å². The van der Waals surface area contributed by atoms with Gasteiger partial charge in [-0.25, -0.2) is 0 Å². The van der Waals surface area contributed by atoms with E-state index in [1.54, 1.807) is 4.90 Å². The molecule has 0 aromatic heterocycles. The van der Waals surface area contributed by atoms with Gasteiger partial charge >= 0.3 is 0 Å². The quantitative estimate of drug-likeness (QED) is 0.744. The second kappa shape index (κ2) is 7.09. The Morgan fingerprint density at radius 1 is 1.13 bits per heavy atom. The highest BCUT2D eigenvalue weighted by molar-refractivity contribution is 5.83. The summed E-state index contributed by atoms with van der Waals surface area (Å²) in [4.78, 5) is 18.9. The van der Waals surface area contributed by atoms with Crippen molar-refractivity contribution in [1.82, 2.24) is 14.7 Å². The van der Waals surface area contributed by atoms with Crippen LogP contribution >= 0.6 is 0 Å². The molecule has 1 atom stereocenters. The number of nitrogens with zero attached hydrogens (tertiary/aromatic N) is 4. The van der Waals surface area contributed by atoms with Crippen molar-refractivity contribution in [2.75, 3.05) is 39.3 Å². The zero-order valence-corrected chi connectivity index (χ0v) is 14.6. The number of fused-ring (bicyclic) bond motifs is 1. The molecule has 3 rings (SSSR count). The van der Waals surface area contributed by atoms with Crippen molar-refractivity contribution in [1.29, 1.82) is 5.26 Å². The molecular formula is C18H30N4O. The number of piperazine rings is 2. The van der Waals surface area contributed by atoms with Crippen molar-refractivity contribution >= 4 is 5.91 Å². The lowest BCUT2D eigenvalue weighted by atomic mass is 9.77. The fourth-order valence-corrected chi connectivity index (χ4v) is 4.51. The summed E-state index contributed by atoms with van der Waals surface area (Å²) in [6, 6.07) is -0.0934. The van der Waals surface area contributed by atoms with Crippen LogP contribution in [-0.2, 0) is 4.79 Å². The third kappa shape index (κ3) is 3.63. The highest BCUT2D eigenvalue weighted by Gasteiger charge is 2.39. The number of nitriles is 1. The van der Waals surface area contributed by atoms with E-state index in [4.69, 9.17) is 5.26 Å². The highest BCUT2D eigenvalue weighted by Crippen LogP contribution is 2.34. The SMILES string of the molecule is CC(C)C1CCC(CN2CCN3CCN(C#N)C[C@@H]3C2=O)CC1. The first kappa shape index (κ1) is 16.6. The van der Waals surface area contributed by atoms with Crippen molar-refractivity contribution in [3.05, 3.63) is 0 Å². The molecule has 2 aliphatic heterocycles. The van der Waals surface area contributed by atoms with Crippen LogP contribution in [0, 0.1) is 29.2 Å². The predicted molar refractivity (Wildman–Crippen MR) is 89.4 cm³/mol. The largest absolute Gasteiger partial charge is 0.340 e. The Kier molecular flexibility index (Phi) is 5.11. The van der Waals surface area contributed by atoms with Crippen LogP contribution in [0.5, 0.6) is 0 Å². The highest BCUT2D eigenvalue weighted by atomic mass is 16.2. The van der Waals surface area contributed by atoms with Crippen LogP contribution in [0.15, 0.2) is 0 Å². The molecule has 0 spiro atoms. The molecule has 0 N–H and O–H groups in total. The van der Waals surface area contributed by atoms with E-state index >= 15 is 0 Å². The van der Waals surface area contributed by atoms with Gasteiger partial charge in [0.15, 0.2) is 6.19 Å². The van der Waals surface area contributed by atoms with Crippen molar-refractivity contribution < 1.29 is 4.79 Å². The Balaban J connectivity index is 1.53. The van der Waals surface area contributed by atoms with E-state index in [2.05, 4.69) is 29.8 Å². The first-order valence-electron chi connectivity index (χ1n) is 9.26. The van der Waals surface area contributed by atoms with Crippen LogP contribution in [0.1, 0.15) is 39.5 Å². The molecule has 3 fully saturated rings. The maximum absolute atomic E-state index is 12.8. The summed E-state index contributed by atoms with van der Waals surface area (Å²) >= 11 is 0. The normalized spacial score (nSPS) is 32.8. The van der Waals surface area contributed by atoms with Crippen molar-refractivity contribution in [2.45, 2.75) is 45.6 Å². The summed E-state index contributed by atoms with van der Waals surface area (Å²) < 4.78 is 0. The lowest BCUT2D eigenvalue weighted by Gasteiger charge is -2.46. The third-order valence-corrected chi connectivity index (χ3v) is 6.20. The van der Waals surface area contributed by atoms with Gasteiger partial charge in [0.05, 0.1) is 6.54 Å². The molecule has 23 heavy (non-hydrogen) atoms. The summed E-state index contributed by atoms with van der Waals surface area (Å²) in [6.45, 7) is 9.61. The van der Waals surface area contributed by atoms with Gasteiger partial charge in [0.1, 0.15) is 6.04 Å². The zero-order valence-electron chi connectivity index (χ0n) is 14.6. The van der Waals surface area contributed by atoms with Crippen LogP contribution < -0.4 is 0 Å². The minimum Gasteiger partial charge on any atom is -0.340 e. The molecule has 0 unspecified atom stereocenters. The van der Waals surface area contributed by atoms with Gasteiger partial charge in [-0.2, -0.15) is 5.26 Å². The van der Waals surface area contributed by atoms with Crippen molar-refractivity contribution in [3.8, 4) is 6.19 Å². The lowest BCUT2D eigenvalue weighted by Crippen LogP contribution is -2.64. The minimum atomic E-state index is -0.0934. The van der Waals surface area contributed by atoms with E-state index in [0.29, 0.717) is 12.5 Å². The molecule has 3 aliphatic rings. The fourth-order valence-electron chi connectivity index (χ4n) is 4.51. The Morgan fingerprint density at radius 2 is 1.83 bits per heavy atom. The Morgan fingerprint density at radius 3 is 2.48 bits per heavy atom. The molecular weight excluding hydrogens is 288 g/mol. The van der Waals surface area contributed by atoms with Gasteiger partial charge in [-0.15, -0.1) is 0 Å². The molecule has 2 saturated heterocycles. The molecule has 0 radical (unpaired) electrons. The fraction of sp³-hybridized carbons (Fsp3) is 0.889. The maximum Gasteiger partial charge on any atom is 0.241 e. The molecule has 0 aromatic rings. The molecule has 128 valence electrons. The number of rotatable bonds is 3. The summed E-state index contributed by atoms with van der Waals surface area (Å²) in [6.07, 6.45) is 7.39. The van der Waals surface area contributed by atoms with Crippen molar-refractivity contribution in [3.63, 3.8) is 0 Å². The van der Waals surface area contributed by atoms with Gasteiger partial charge < -0.3 is 9.80 Å². The predicted octanol–water partition coefficient (Wildman–Crippen LogP) is 1.76. The van der Waals surface area contributed by atoms with Crippen LogP contribution in [0.4, 0.5) is 0 Å². The summed E-state index contributed by atoms with van der Waals surface area (Å²) in [7, 11) is 0. The van der Waals surface area contributed by atoms with Gasteiger partial charge in [-0.05, 0) is 43.4 Å². The number of carbonyl (C=O) groups excluding carboxylic acids is 1. The van der Waals surface area contributed by atoms with Gasteiger partial charge in [-0.1, -0.05) is 13.8 Å². The van der Waals surface area contributed by atoms with Gasteiger partial charge in [0, 0.05) is 32.7 Å². The smallest absolute Gasteiger partial charge is 0.241 e. The van der Waals surface area contributed by atoms with E-state index in [0.717, 1.165) is 44.6 Å². The maximum atomic E-state index is 12.8. The second-order valence-electron chi connectivity index (χ2n) is 7.91. The molecule has 0 bridgehead atoms. The molecule has 5 nitrogen and oxygen atoms in total. The summed E-state index contributed by atoms with van der Waals surface area (Å²) in [5, 5.41) is 9.10. The van der Waals surface area contributed by atoms with Crippen LogP contribution in [0.25, 0.3) is 0 Å². The summed E-state index contributed by atoms with van der Waals surface area (Å²) in [5.74, 6) is 2.60. The molecule has 5 heteroatoms. The van der Waals surface area contributed by atoms with Crippen molar-refractivity contribution in [2.24, 2.45) is 17.8 Å². The van der Waals surface area contributed by atoms with E-state index in [-0.39, 0.29) is 11.9 Å². The topological polar surface area (TPSA) is 50.6 Å². The molecule has 1 aliphatic carbocycles. The van der Waals surface area contributed by atoms with E-state index < -0.39 is 0 Å². The summed E-state index contributed by atoms with van der Waals surface area (Å²) in [5.41, 5.74) is 0. The van der Waals surface area contributed by atoms with Gasteiger partial charge in [0.25, 0.3) is 0 Å². The monoisotopic (exact) mass is 318 g/mol. The second-order valence-corrected chi connectivity index (χ2v) is 7.91. The first-order chi connectivity index (χ1) is 11.1. The molecule has 1 saturated carbocycles. The molecule has 2 heterocycles. The first-order valence-corrected chi connectivity index (χ1v) is 9.26. The van der Waals surface area contributed by atoms with Gasteiger partial charge in [0.2, 0.25) is 5.91 Å². The number of hydrogen-bond acceptors (Lipinski definition) is 4.